The molecule has 2 aromatic carbocycles. The Bertz CT molecular complexity index is 686. The molecule has 1 aliphatic rings. The van der Waals surface area contributed by atoms with Crippen LogP contribution in [0.15, 0.2) is 64.5 Å². The van der Waals surface area contributed by atoms with Gasteiger partial charge in [0.15, 0.2) is 0 Å². The molecule has 0 saturated heterocycles. The maximum atomic E-state index is 12.0. The van der Waals surface area contributed by atoms with Gasteiger partial charge in [0.2, 0.25) is 0 Å². The SMILES string of the molecule is O=C1Nc2ccc(Cl)cc2S/C1=C/Nc1ccccc1. The van der Waals surface area contributed by atoms with Crippen LogP contribution in [0, 0.1) is 0 Å². The van der Waals surface area contributed by atoms with E-state index in [-0.39, 0.29) is 5.91 Å². The average molecular weight is 303 g/mol. The van der Waals surface area contributed by atoms with E-state index in [1.165, 1.54) is 11.8 Å². The first-order valence-electron chi connectivity index (χ1n) is 6.03. The zero-order valence-corrected chi connectivity index (χ0v) is 12.0. The Hall–Kier alpha value is -1.91. The highest BCUT2D eigenvalue weighted by atomic mass is 35.5. The summed E-state index contributed by atoms with van der Waals surface area (Å²) in [4.78, 5) is 13.5. The summed E-state index contributed by atoms with van der Waals surface area (Å²) >= 11 is 7.37. The van der Waals surface area contributed by atoms with Crippen molar-refractivity contribution in [3.05, 3.63) is 64.7 Å². The lowest BCUT2D eigenvalue weighted by Crippen LogP contribution is -2.18. The minimum absolute atomic E-state index is 0.117. The summed E-state index contributed by atoms with van der Waals surface area (Å²) in [5.41, 5.74) is 1.73. The van der Waals surface area contributed by atoms with Crippen LogP contribution in [0.25, 0.3) is 0 Å². The molecule has 100 valence electrons. The minimum Gasteiger partial charge on any atom is -0.360 e. The monoisotopic (exact) mass is 302 g/mol. The Kier molecular flexibility index (Phi) is 3.67. The van der Waals surface area contributed by atoms with E-state index in [0.717, 1.165) is 16.3 Å². The van der Waals surface area contributed by atoms with Gasteiger partial charge in [-0.05, 0) is 30.3 Å². The number of amides is 1. The fourth-order valence-corrected chi connectivity index (χ4v) is 2.96. The fraction of sp³-hybridized carbons (Fsp3) is 0. The molecule has 5 heteroatoms. The molecular weight excluding hydrogens is 292 g/mol. The second-order valence-electron chi connectivity index (χ2n) is 4.22. The summed E-state index contributed by atoms with van der Waals surface area (Å²) in [7, 11) is 0. The quantitative estimate of drug-likeness (QED) is 0.811. The first-order chi connectivity index (χ1) is 9.72. The van der Waals surface area contributed by atoms with Crippen LogP contribution >= 0.6 is 23.4 Å². The lowest BCUT2D eigenvalue weighted by atomic mass is 10.3. The van der Waals surface area contributed by atoms with Crippen LogP contribution in [-0.2, 0) is 4.79 Å². The maximum Gasteiger partial charge on any atom is 0.263 e. The second kappa shape index (κ2) is 5.61. The van der Waals surface area contributed by atoms with Crippen molar-refractivity contribution < 1.29 is 4.79 Å². The molecule has 0 aliphatic carbocycles. The van der Waals surface area contributed by atoms with E-state index >= 15 is 0 Å². The Morgan fingerprint density at radius 2 is 1.95 bits per heavy atom. The third kappa shape index (κ3) is 2.81. The van der Waals surface area contributed by atoms with Gasteiger partial charge in [-0.1, -0.05) is 41.6 Å². The number of anilines is 2. The summed E-state index contributed by atoms with van der Waals surface area (Å²) in [6, 6.07) is 15.1. The molecule has 20 heavy (non-hydrogen) atoms. The predicted molar refractivity (Wildman–Crippen MR) is 84.1 cm³/mol. The molecule has 0 bridgehead atoms. The Labute approximate surface area is 126 Å². The average Bonchev–Trinajstić information content (AvgIpc) is 2.46. The van der Waals surface area contributed by atoms with Gasteiger partial charge in [0.1, 0.15) is 0 Å². The van der Waals surface area contributed by atoms with E-state index < -0.39 is 0 Å². The number of hydrogen-bond donors (Lipinski definition) is 2. The molecule has 0 aromatic heterocycles. The number of carbonyl (C=O) groups is 1. The van der Waals surface area contributed by atoms with E-state index in [9.17, 15) is 4.79 Å². The summed E-state index contributed by atoms with van der Waals surface area (Å²) in [6.07, 6.45) is 1.71. The van der Waals surface area contributed by atoms with E-state index in [0.29, 0.717) is 9.93 Å². The first kappa shape index (κ1) is 13.1. The van der Waals surface area contributed by atoms with Crippen molar-refractivity contribution >= 4 is 40.6 Å². The van der Waals surface area contributed by atoms with Crippen molar-refractivity contribution in [1.29, 1.82) is 0 Å². The molecule has 3 nitrogen and oxygen atoms in total. The lowest BCUT2D eigenvalue weighted by Gasteiger charge is -2.18. The topological polar surface area (TPSA) is 41.1 Å². The van der Waals surface area contributed by atoms with Gasteiger partial charge in [-0.3, -0.25) is 4.79 Å². The zero-order chi connectivity index (χ0) is 13.9. The highest BCUT2D eigenvalue weighted by Gasteiger charge is 2.20. The highest BCUT2D eigenvalue weighted by Crippen LogP contribution is 2.39. The van der Waals surface area contributed by atoms with Crippen molar-refractivity contribution in [2.24, 2.45) is 0 Å². The van der Waals surface area contributed by atoms with E-state index in [1.54, 1.807) is 12.3 Å². The third-order valence-electron chi connectivity index (χ3n) is 2.78. The van der Waals surface area contributed by atoms with Crippen molar-refractivity contribution in [3.63, 3.8) is 0 Å². The number of thioether (sulfide) groups is 1. The van der Waals surface area contributed by atoms with Gasteiger partial charge < -0.3 is 10.6 Å². The Morgan fingerprint density at radius 3 is 2.75 bits per heavy atom. The van der Waals surface area contributed by atoms with E-state index in [2.05, 4.69) is 10.6 Å². The number of carbonyl (C=O) groups excluding carboxylic acids is 1. The molecule has 2 aromatic rings. The molecule has 0 fully saturated rings. The summed E-state index contributed by atoms with van der Waals surface area (Å²) < 4.78 is 0. The van der Waals surface area contributed by atoms with Crippen molar-refractivity contribution in [2.45, 2.75) is 4.90 Å². The molecule has 0 unspecified atom stereocenters. The minimum atomic E-state index is -0.117. The number of fused-ring (bicyclic) bond motifs is 1. The number of para-hydroxylation sites is 1. The molecule has 3 rings (SSSR count). The van der Waals surface area contributed by atoms with Crippen LogP contribution in [0.3, 0.4) is 0 Å². The van der Waals surface area contributed by atoms with Gasteiger partial charge in [-0.15, -0.1) is 0 Å². The molecule has 0 atom stereocenters. The standard InChI is InChI=1S/C15H11ClN2OS/c16-10-6-7-12-13(8-10)20-14(15(19)18-12)9-17-11-4-2-1-3-5-11/h1-9,17H,(H,18,19)/b14-9+. The second-order valence-corrected chi connectivity index (χ2v) is 5.74. The highest BCUT2D eigenvalue weighted by molar-refractivity contribution is 8.04. The predicted octanol–water partition coefficient (Wildman–Crippen LogP) is 4.34. The van der Waals surface area contributed by atoms with Crippen LogP contribution < -0.4 is 10.6 Å². The Balaban J connectivity index is 1.83. The molecule has 1 heterocycles. The van der Waals surface area contributed by atoms with Crippen LogP contribution in [0.5, 0.6) is 0 Å². The first-order valence-corrected chi connectivity index (χ1v) is 7.22. The number of halogens is 1. The van der Waals surface area contributed by atoms with Crippen molar-refractivity contribution in [3.8, 4) is 0 Å². The number of nitrogens with one attached hydrogen (secondary N) is 2. The molecule has 2 N–H and O–H groups in total. The number of benzene rings is 2. The van der Waals surface area contributed by atoms with Gasteiger partial charge in [-0.25, -0.2) is 0 Å². The zero-order valence-electron chi connectivity index (χ0n) is 10.4. The molecule has 0 saturated carbocycles. The molecule has 0 radical (unpaired) electrons. The largest absolute Gasteiger partial charge is 0.360 e. The third-order valence-corrected chi connectivity index (χ3v) is 4.10. The normalized spacial score (nSPS) is 15.7. The van der Waals surface area contributed by atoms with Crippen LogP contribution in [0.1, 0.15) is 0 Å². The van der Waals surface area contributed by atoms with Gasteiger partial charge in [0.05, 0.1) is 10.6 Å². The Morgan fingerprint density at radius 1 is 1.15 bits per heavy atom. The molecule has 1 amide bonds. The van der Waals surface area contributed by atoms with Crippen molar-refractivity contribution in [2.75, 3.05) is 10.6 Å². The number of rotatable bonds is 2. The van der Waals surface area contributed by atoms with Crippen LogP contribution in [0.2, 0.25) is 5.02 Å². The lowest BCUT2D eigenvalue weighted by molar-refractivity contribution is -0.112. The van der Waals surface area contributed by atoms with Crippen LogP contribution in [0.4, 0.5) is 11.4 Å². The van der Waals surface area contributed by atoms with Gasteiger partial charge in [0, 0.05) is 21.8 Å². The van der Waals surface area contributed by atoms with Crippen molar-refractivity contribution in [1.82, 2.24) is 0 Å². The maximum absolute atomic E-state index is 12.0. The number of hydrogen-bond acceptors (Lipinski definition) is 3. The molecular formula is C15H11ClN2OS. The van der Waals surface area contributed by atoms with E-state index in [1.807, 2.05) is 42.5 Å². The summed E-state index contributed by atoms with van der Waals surface area (Å²) in [6.45, 7) is 0. The molecule has 0 spiro atoms. The van der Waals surface area contributed by atoms with Gasteiger partial charge in [-0.2, -0.15) is 0 Å². The summed E-state index contributed by atoms with van der Waals surface area (Å²) in [5, 5.41) is 6.62. The smallest absolute Gasteiger partial charge is 0.263 e. The van der Waals surface area contributed by atoms with Gasteiger partial charge >= 0.3 is 0 Å². The van der Waals surface area contributed by atoms with Gasteiger partial charge in [0.25, 0.3) is 5.91 Å². The van der Waals surface area contributed by atoms with E-state index in [4.69, 9.17) is 11.6 Å². The summed E-state index contributed by atoms with van der Waals surface area (Å²) in [5.74, 6) is -0.117. The van der Waals surface area contributed by atoms with Crippen LogP contribution in [-0.4, -0.2) is 5.91 Å². The fourth-order valence-electron chi connectivity index (χ4n) is 1.81. The molecule has 1 aliphatic heterocycles.